The van der Waals surface area contributed by atoms with Crippen LogP contribution >= 0.6 is 45.7 Å². The van der Waals surface area contributed by atoms with Gasteiger partial charge in [0.15, 0.2) is 5.43 Å². The molecule has 1 aromatic rings. The van der Waals surface area contributed by atoms with Crippen molar-refractivity contribution in [3.63, 3.8) is 0 Å². The Labute approximate surface area is 151 Å². The van der Waals surface area contributed by atoms with E-state index in [9.17, 15) is 4.79 Å². The van der Waals surface area contributed by atoms with E-state index in [-0.39, 0.29) is 5.43 Å². The van der Waals surface area contributed by atoms with Crippen LogP contribution in [0.5, 0.6) is 5.75 Å². The highest BCUT2D eigenvalue weighted by Gasteiger charge is 2.13. The number of fused-ring (bicyclic) bond motifs is 1. The number of benzene rings is 2. The minimum Gasteiger partial charge on any atom is -0.497 e. The maximum Gasteiger partial charge on any atom is 0.179 e. The van der Waals surface area contributed by atoms with Gasteiger partial charge in [-0.05, 0) is 69.4 Å². The molecule has 5 heteroatoms. The van der Waals surface area contributed by atoms with Crippen molar-refractivity contribution >= 4 is 45.7 Å². The Bertz CT molecular complexity index is 812. The monoisotopic (exact) mass is 440 g/mol. The van der Waals surface area contributed by atoms with Crippen LogP contribution < -0.4 is 10.2 Å². The largest absolute Gasteiger partial charge is 0.497 e. The molecule has 2 aliphatic rings. The first-order valence-electron chi connectivity index (χ1n) is 6.64. The standard InChI is InChI=1S/C17H13IO2S2/c1-20-14-6-2-11(3-7-14)9-21-16-15-8-13(19)5-4-12(15)10-22-17(16)18/h2-8,10H,9H2,1H3. The molecule has 0 saturated carbocycles. The summed E-state index contributed by atoms with van der Waals surface area (Å²) in [4.78, 5) is 12.9. The highest BCUT2D eigenvalue weighted by atomic mass is 127. The molecule has 112 valence electrons. The Kier molecular flexibility index (Phi) is 5.05. The molecule has 1 aliphatic heterocycles. The molecule has 22 heavy (non-hydrogen) atoms. The van der Waals surface area contributed by atoms with Crippen LogP contribution in [0, 0.1) is 2.88 Å². The summed E-state index contributed by atoms with van der Waals surface area (Å²) in [6.07, 6.45) is 0. The fraction of sp³-hybridized carbons (Fsp3) is 0.118. The molecule has 1 heterocycles. The van der Waals surface area contributed by atoms with E-state index in [2.05, 4.69) is 40.1 Å². The van der Waals surface area contributed by atoms with Crippen LogP contribution in [0.3, 0.4) is 0 Å². The Morgan fingerprint density at radius 1 is 1.18 bits per heavy atom. The first-order chi connectivity index (χ1) is 10.7. The Morgan fingerprint density at radius 3 is 2.68 bits per heavy atom. The van der Waals surface area contributed by atoms with Gasteiger partial charge in [0.2, 0.25) is 0 Å². The summed E-state index contributed by atoms with van der Waals surface area (Å²) >= 11 is 5.84. The summed E-state index contributed by atoms with van der Waals surface area (Å²) in [5.74, 6) is 1.74. The zero-order chi connectivity index (χ0) is 15.5. The van der Waals surface area contributed by atoms with E-state index in [0.717, 1.165) is 22.6 Å². The van der Waals surface area contributed by atoms with Crippen molar-refractivity contribution in [1.29, 1.82) is 0 Å². The molecule has 0 N–H and O–H groups in total. The fourth-order valence-electron chi connectivity index (χ4n) is 2.12. The predicted molar refractivity (Wildman–Crippen MR) is 102 cm³/mol. The summed E-state index contributed by atoms with van der Waals surface area (Å²) in [6.45, 7) is 0. The summed E-state index contributed by atoms with van der Waals surface area (Å²) in [5, 5.41) is 2.11. The second kappa shape index (κ2) is 7.02. The quantitative estimate of drug-likeness (QED) is 0.416. The van der Waals surface area contributed by atoms with Crippen molar-refractivity contribution in [3.8, 4) is 16.9 Å². The minimum atomic E-state index is 0.0609. The van der Waals surface area contributed by atoms with Gasteiger partial charge in [0.05, 0.1) is 9.99 Å². The van der Waals surface area contributed by atoms with Gasteiger partial charge in [-0.2, -0.15) is 0 Å². The van der Waals surface area contributed by atoms with Gasteiger partial charge in [-0.1, -0.05) is 12.1 Å². The normalized spacial score (nSPS) is 10.8. The van der Waals surface area contributed by atoms with Crippen LogP contribution in [-0.2, 0) is 5.75 Å². The van der Waals surface area contributed by atoms with Gasteiger partial charge < -0.3 is 4.74 Å². The third-order valence-electron chi connectivity index (χ3n) is 3.28. The molecule has 0 unspecified atom stereocenters. The fourth-order valence-corrected chi connectivity index (χ4v) is 5.18. The third kappa shape index (κ3) is 3.47. The average Bonchev–Trinajstić information content (AvgIpc) is 2.54. The lowest BCUT2D eigenvalue weighted by molar-refractivity contribution is 0.414. The van der Waals surface area contributed by atoms with Gasteiger partial charge in [0.1, 0.15) is 5.75 Å². The Balaban J connectivity index is 1.88. The van der Waals surface area contributed by atoms with Crippen molar-refractivity contribution in [3.05, 3.63) is 66.5 Å². The molecule has 0 radical (unpaired) electrons. The summed E-state index contributed by atoms with van der Waals surface area (Å²) in [7, 11) is 1.67. The van der Waals surface area contributed by atoms with E-state index in [1.54, 1.807) is 42.3 Å². The topological polar surface area (TPSA) is 26.3 Å². The number of hydrogen-bond acceptors (Lipinski definition) is 4. The zero-order valence-corrected chi connectivity index (χ0v) is 15.6. The van der Waals surface area contributed by atoms with Crippen LogP contribution in [0.15, 0.2) is 57.5 Å². The Morgan fingerprint density at radius 2 is 1.95 bits per heavy atom. The number of thioether (sulfide) groups is 1. The molecule has 1 aliphatic carbocycles. The van der Waals surface area contributed by atoms with Crippen molar-refractivity contribution in [2.45, 2.75) is 10.6 Å². The maximum absolute atomic E-state index is 11.7. The van der Waals surface area contributed by atoms with E-state index in [1.807, 2.05) is 18.2 Å². The highest BCUT2D eigenvalue weighted by molar-refractivity contribution is 14.1. The van der Waals surface area contributed by atoms with E-state index in [0.29, 0.717) is 0 Å². The van der Waals surface area contributed by atoms with Gasteiger partial charge >= 0.3 is 0 Å². The molecule has 3 rings (SSSR count). The maximum atomic E-state index is 11.7. The van der Waals surface area contributed by atoms with Crippen molar-refractivity contribution in [2.75, 3.05) is 7.11 Å². The summed E-state index contributed by atoms with van der Waals surface area (Å²) < 4.78 is 6.40. The molecule has 0 saturated heterocycles. The van der Waals surface area contributed by atoms with E-state index in [1.165, 1.54) is 13.3 Å². The molecule has 1 aromatic carbocycles. The lowest BCUT2D eigenvalue weighted by Crippen LogP contribution is -1.99. The van der Waals surface area contributed by atoms with Crippen LogP contribution in [0.1, 0.15) is 5.56 Å². The molecular weight excluding hydrogens is 427 g/mol. The number of ether oxygens (including phenoxy) is 1. The predicted octanol–water partition coefficient (Wildman–Crippen LogP) is 5.12. The molecule has 0 spiro atoms. The number of rotatable bonds is 4. The zero-order valence-electron chi connectivity index (χ0n) is 11.8. The number of halogens is 1. The second-order valence-electron chi connectivity index (χ2n) is 4.72. The van der Waals surface area contributed by atoms with Crippen molar-refractivity contribution in [1.82, 2.24) is 0 Å². The van der Waals surface area contributed by atoms with Gasteiger partial charge in [0.25, 0.3) is 0 Å². The first-order valence-corrected chi connectivity index (χ1v) is 9.58. The molecular formula is C17H13IO2S2. The van der Waals surface area contributed by atoms with Crippen LogP contribution in [0.4, 0.5) is 0 Å². The third-order valence-corrected chi connectivity index (χ3v) is 7.05. The second-order valence-corrected chi connectivity index (χ2v) is 8.40. The van der Waals surface area contributed by atoms with Crippen LogP contribution in [0.2, 0.25) is 0 Å². The van der Waals surface area contributed by atoms with Crippen molar-refractivity contribution < 1.29 is 4.74 Å². The van der Waals surface area contributed by atoms with E-state index >= 15 is 0 Å². The van der Waals surface area contributed by atoms with E-state index < -0.39 is 0 Å². The molecule has 2 nitrogen and oxygen atoms in total. The SMILES string of the molecule is COc1ccc(CSc2c3cc(=O)ccc-3csc2I)cc1. The molecule has 0 amide bonds. The van der Waals surface area contributed by atoms with Crippen LogP contribution in [-0.4, -0.2) is 7.11 Å². The molecule has 0 fully saturated rings. The van der Waals surface area contributed by atoms with Gasteiger partial charge in [-0.25, -0.2) is 0 Å². The van der Waals surface area contributed by atoms with Crippen LogP contribution in [0.25, 0.3) is 11.1 Å². The van der Waals surface area contributed by atoms with E-state index in [4.69, 9.17) is 4.74 Å². The first kappa shape index (κ1) is 15.8. The molecule has 0 atom stereocenters. The number of hydrogen-bond donors (Lipinski definition) is 0. The molecule has 0 aromatic heterocycles. The number of methoxy groups -OCH3 is 1. The molecule has 0 bridgehead atoms. The average molecular weight is 440 g/mol. The van der Waals surface area contributed by atoms with Crippen molar-refractivity contribution in [2.24, 2.45) is 0 Å². The smallest absolute Gasteiger partial charge is 0.179 e. The highest BCUT2D eigenvalue weighted by Crippen LogP contribution is 2.39. The lowest BCUT2D eigenvalue weighted by Gasteiger charge is -2.12. The van der Waals surface area contributed by atoms with Gasteiger partial charge in [-0.3, -0.25) is 4.79 Å². The minimum absolute atomic E-state index is 0.0609. The lowest BCUT2D eigenvalue weighted by atomic mass is 10.1. The van der Waals surface area contributed by atoms with Gasteiger partial charge in [-0.15, -0.1) is 23.1 Å². The summed E-state index contributed by atoms with van der Waals surface area (Å²) in [5.41, 5.74) is 3.48. The van der Waals surface area contributed by atoms with Gasteiger partial charge in [0, 0.05) is 16.2 Å². The Hall–Kier alpha value is -1.05. The summed E-state index contributed by atoms with van der Waals surface area (Å²) in [6, 6.07) is 13.4.